The Morgan fingerprint density at radius 1 is 1.26 bits per heavy atom. The van der Waals surface area contributed by atoms with E-state index in [0.717, 1.165) is 41.3 Å². The Labute approximate surface area is 204 Å². The van der Waals surface area contributed by atoms with Crippen LogP contribution in [0.4, 0.5) is 4.39 Å². The van der Waals surface area contributed by atoms with E-state index in [-0.39, 0.29) is 23.5 Å². The average molecular weight is 516 g/mol. The number of fused-ring (bicyclic) bond motifs is 2. The number of amides is 2. The lowest BCUT2D eigenvalue weighted by Gasteiger charge is -2.12. The fourth-order valence-electron chi connectivity index (χ4n) is 3.87. The minimum Gasteiger partial charge on any atom is -0.352 e. The second-order valence-corrected chi connectivity index (χ2v) is 11.9. The molecule has 12 heteroatoms. The van der Waals surface area contributed by atoms with E-state index in [1.54, 1.807) is 30.1 Å². The van der Waals surface area contributed by atoms with E-state index in [9.17, 15) is 18.0 Å². The van der Waals surface area contributed by atoms with Gasteiger partial charge < -0.3 is 10.6 Å². The molecule has 35 heavy (non-hydrogen) atoms. The minimum absolute atomic E-state index is 0.0150. The molecule has 0 saturated heterocycles. The van der Waals surface area contributed by atoms with Crippen LogP contribution in [-0.2, 0) is 26.5 Å². The number of hydrogen-bond acceptors (Lipinski definition) is 7. The smallest absolute Gasteiger partial charge is 0.245 e. The molecule has 0 radical (unpaired) electrons. The third-order valence-electron chi connectivity index (χ3n) is 5.81. The fraction of sp³-hybridized carbons (Fsp3) is 0.304. The molecular weight excluding hydrogens is 493 g/mol. The van der Waals surface area contributed by atoms with Crippen molar-refractivity contribution in [3.63, 3.8) is 0 Å². The van der Waals surface area contributed by atoms with E-state index < -0.39 is 26.8 Å². The second kappa shape index (κ2) is 8.68. The summed E-state index contributed by atoms with van der Waals surface area (Å²) >= 11 is 0.934. The number of nitrogens with one attached hydrogen (secondary N) is 2. The summed E-state index contributed by atoms with van der Waals surface area (Å²) in [6.45, 7) is -0.332. The highest BCUT2D eigenvalue weighted by atomic mass is 32.2. The van der Waals surface area contributed by atoms with Crippen molar-refractivity contribution in [3.05, 3.63) is 47.4 Å². The number of nitrogens with zero attached hydrogens (tertiary/aromatic N) is 3. The first-order valence-corrected chi connectivity index (χ1v) is 13.7. The van der Waals surface area contributed by atoms with Crippen LogP contribution in [-0.4, -0.2) is 53.8 Å². The summed E-state index contributed by atoms with van der Waals surface area (Å²) in [5.74, 6) is -1.72. The normalized spacial score (nSPS) is 14.8. The quantitative estimate of drug-likeness (QED) is 0.390. The van der Waals surface area contributed by atoms with Crippen molar-refractivity contribution >= 4 is 54.1 Å². The molecule has 2 aromatic carbocycles. The van der Waals surface area contributed by atoms with Gasteiger partial charge in [-0.05, 0) is 36.6 Å². The highest BCUT2D eigenvalue weighted by Gasteiger charge is 2.34. The number of carbonyl (C=O) groups is 2. The topological polar surface area (TPSA) is 123 Å². The number of halogens is 1. The first-order valence-electron chi connectivity index (χ1n) is 10.9. The lowest BCUT2D eigenvalue weighted by atomic mass is 10.0. The van der Waals surface area contributed by atoms with Gasteiger partial charge >= 0.3 is 0 Å². The first-order chi connectivity index (χ1) is 16.6. The Balaban J connectivity index is 1.47. The molecule has 0 bridgehead atoms. The van der Waals surface area contributed by atoms with Crippen molar-refractivity contribution in [3.8, 4) is 11.1 Å². The average Bonchev–Trinajstić information content (AvgIpc) is 3.40. The molecule has 5 rings (SSSR count). The van der Waals surface area contributed by atoms with Gasteiger partial charge in [0.15, 0.2) is 15.1 Å². The highest BCUT2D eigenvalue weighted by molar-refractivity contribution is 7.91. The van der Waals surface area contributed by atoms with E-state index in [2.05, 4.69) is 20.7 Å². The highest BCUT2D eigenvalue weighted by Crippen LogP contribution is 2.35. The summed E-state index contributed by atoms with van der Waals surface area (Å²) in [7, 11) is -2.12. The predicted molar refractivity (Wildman–Crippen MR) is 131 cm³/mol. The van der Waals surface area contributed by atoms with E-state index >= 15 is 4.39 Å². The lowest BCUT2D eigenvalue weighted by molar-refractivity contribution is -0.126. The van der Waals surface area contributed by atoms with E-state index in [1.165, 1.54) is 6.07 Å². The fourth-order valence-corrected chi connectivity index (χ4v) is 6.38. The van der Waals surface area contributed by atoms with Gasteiger partial charge in [-0.3, -0.25) is 14.3 Å². The van der Waals surface area contributed by atoms with E-state index in [1.807, 2.05) is 12.1 Å². The molecule has 1 aliphatic rings. The zero-order valence-electron chi connectivity index (χ0n) is 18.9. The third-order valence-corrected chi connectivity index (χ3v) is 8.34. The number of carbonyl (C=O) groups excluding carboxylic acids is 2. The van der Waals surface area contributed by atoms with Gasteiger partial charge in [0.2, 0.25) is 11.8 Å². The van der Waals surface area contributed by atoms with Crippen LogP contribution in [0.2, 0.25) is 0 Å². The number of hydrogen-bond donors (Lipinski definition) is 2. The first kappa shape index (κ1) is 23.4. The monoisotopic (exact) mass is 515 g/mol. The molecule has 1 unspecified atom stereocenters. The van der Waals surface area contributed by atoms with Gasteiger partial charge in [0.05, 0.1) is 28.5 Å². The predicted octanol–water partition coefficient (Wildman–Crippen LogP) is 2.47. The second-order valence-electron chi connectivity index (χ2n) is 8.66. The molecule has 2 amide bonds. The van der Waals surface area contributed by atoms with Gasteiger partial charge in [0.25, 0.3) is 0 Å². The van der Waals surface area contributed by atoms with Crippen molar-refractivity contribution in [1.82, 2.24) is 25.4 Å². The number of thiazole rings is 1. The maximum Gasteiger partial charge on any atom is 0.245 e. The van der Waals surface area contributed by atoms with Gasteiger partial charge in [-0.25, -0.2) is 17.8 Å². The van der Waals surface area contributed by atoms with Crippen LogP contribution in [0.25, 0.3) is 32.2 Å². The number of rotatable bonds is 7. The Hall–Kier alpha value is -3.38. The summed E-state index contributed by atoms with van der Waals surface area (Å²) in [6.07, 6.45) is 4.44. The molecule has 4 aromatic rings. The minimum atomic E-state index is -3.92. The molecule has 2 heterocycles. The molecule has 2 aromatic heterocycles. The van der Waals surface area contributed by atoms with Gasteiger partial charge in [0.1, 0.15) is 10.8 Å². The van der Waals surface area contributed by atoms with Crippen LogP contribution in [0, 0.1) is 5.82 Å². The molecule has 1 atom stereocenters. The van der Waals surface area contributed by atoms with E-state index in [0.29, 0.717) is 21.3 Å². The molecule has 1 aliphatic carbocycles. The van der Waals surface area contributed by atoms with Gasteiger partial charge in [0, 0.05) is 30.3 Å². The molecule has 182 valence electrons. The van der Waals surface area contributed by atoms with Crippen LogP contribution in [0.5, 0.6) is 0 Å². The molecule has 0 spiro atoms. The molecular formula is C23H22FN5O4S2. The van der Waals surface area contributed by atoms with Gasteiger partial charge in [-0.15, -0.1) is 11.3 Å². The lowest BCUT2D eigenvalue weighted by Crippen LogP contribution is -2.41. The standard InChI is InChI=1S/C23H22FN5O4S2/c1-29-18-7-12(3-4-13(18)10-26-29)15-8-17-19(9-16(15)24)34-23(28-17)21(35(2,32)33)22(31)25-11-20(30)27-14-5-6-14/h3-4,7-10,14,21H,5-6,11H2,1-2H3,(H,25,31)(H,27,30). The molecule has 0 aliphatic heterocycles. The van der Waals surface area contributed by atoms with Crippen molar-refractivity contribution in [2.75, 3.05) is 12.8 Å². The maximum absolute atomic E-state index is 15.1. The third kappa shape index (κ3) is 4.76. The van der Waals surface area contributed by atoms with E-state index in [4.69, 9.17) is 0 Å². The summed E-state index contributed by atoms with van der Waals surface area (Å²) in [6, 6.07) is 8.40. The zero-order chi connectivity index (χ0) is 24.9. The van der Waals surface area contributed by atoms with Crippen LogP contribution < -0.4 is 10.6 Å². The summed E-state index contributed by atoms with van der Waals surface area (Å²) in [4.78, 5) is 29.1. The molecule has 2 N–H and O–H groups in total. The van der Waals surface area contributed by atoms with Crippen molar-refractivity contribution in [2.24, 2.45) is 7.05 Å². The summed E-state index contributed by atoms with van der Waals surface area (Å²) in [5, 5.41) is 8.64. The number of sulfone groups is 1. The van der Waals surface area contributed by atoms with Crippen LogP contribution in [0.15, 0.2) is 36.5 Å². The largest absolute Gasteiger partial charge is 0.352 e. The number of benzene rings is 2. The maximum atomic E-state index is 15.1. The SMILES string of the molecule is Cn1ncc2ccc(-c3cc4nc(C(C(=O)NCC(=O)NC5CC5)S(C)(=O)=O)sc4cc3F)cc21. The van der Waals surface area contributed by atoms with Crippen LogP contribution in [0.1, 0.15) is 23.1 Å². The molecule has 9 nitrogen and oxygen atoms in total. The van der Waals surface area contributed by atoms with Gasteiger partial charge in [-0.1, -0.05) is 12.1 Å². The Kier molecular flexibility index (Phi) is 5.80. The number of aryl methyl sites for hydroxylation is 1. The van der Waals surface area contributed by atoms with Crippen molar-refractivity contribution < 1.29 is 22.4 Å². The molecule has 1 fully saturated rings. The summed E-state index contributed by atoms with van der Waals surface area (Å²) < 4.78 is 42.2. The summed E-state index contributed by atoms with van der Waals surface area (Å²) in [5.41, 5.74) is 2.13. The molecule has 1 saturated carbocycles. The van der Waals surface area contributed by atoms with Crippen molar-refractivity contribution in [2.45, 2.75) is 24.1 Å². The number of aromatic nitrogens is 3. The Morgan fingerprint density at radius 2 is 2.03 bits per heavy atom. The Morgan fingerprint density at radius 3 is 2.74 bits per heavy atom. The van der Waals surface area contributed by atoms with Crippen molar-refractivity contribution in [1.29, 1.82) is 0 Å². The van der Waals surface area contributed by atoms with Gasteiger partial charge in [-0.2, -0.15) is 5.10 Å². The Bertz CT molecular complexity index is 1590. The van der Waals surface area contributed by atoms with Crippen LogP contribution in [0.3, 0.4) is 0 Å². The zero-order valence-corrected chi connectivity index (χ0v) is 20.5. The van der Waals surface area contributed by atoms with Crippen LogP contribution >= 0.6 is 11.3 Å².